The lowest BCUT2D eigenvalue weighted by Gasteiger charge is -2.20. The number of halogens is 2. The van der Waals surface area contributed by atoms with Gasteiger partial charge in [-0.25, -0.2) is 0 Å². The standard InChI is InChI=1S/C14H19F2NO2/c1-3-5-10-17(4-2)13(18)11-6-8-12(9-7-11)19-14(15)16/h6-9,14H,3-5,10H2,1-2H3. The Bertz CT molecular complexity index is 393. The van der Waals surface area contributed by atoms with E-state index in [1.54, 1.807) is 4.90 Å². The van der Waals surface area contributed by atoms with Gasteiger partial charge in [0.2, 0.25) is 0 Å². The molecule has 0 atom stereocenters. The molecule has 0 aromatic heterocycles. The number of amides is 1. The highest BCUT2D eigenvalue weighted by Gasteiger charge is 2.14. The number of alkyl halides is 2. The Labute approximate surface area is 112 Å². The molecule has 0 saturated heterocycles. The van der Waals surface area contributed by atoms with Gasteiger partial charge in [0.15, 0.2) is 0 Å². The maximum atomic E-state index is 12.2. The summed E-state index contributed by atoms with van der Waals surface area (Å²) in [5.74, 6) is -0.0253. The quantitative estimate of drug-likeness (QED) is 0.759. The van der Waals surface area contributed by atoms with E-state index in [0.29, 0.717) is 18.7 Å². The van der Waals surface area contributed by atoms with Crippen LogP contribution in [-0.2, 0) is 0 Å². The van der Waals surface area contributed by atoms with Gasteiger partial charge in [-0.2, -0.15) is 8.78 Å². The Kier molecular flexibility index (Phi) is 6.25. The van der Waals surface area contributed by atoms with Crippen molar-refractivity contribution in [3.63, 3.8) is 0 Å². The smallest absolute Gasteiger partial charge is 0.387 e. The molecule has 1 amide bonds. The third kappa shape index (κ3) is 4.85. The SMILES string of the molecule is CCCCN(CC)C(=O)c1ccc(OC(F)F)cc1. The van der Waals surface area contributed by atoms with Crippen molar-refractivity contribution >= 4 is 5.91 Å². The highest BCUT2D eigenvalue weighted by atomic mass is 19.3. The second-order valence-corrected chi connectivity index (χ2v) is 4.14. The van der Waals surface area contributed by atoms with Gasteiger partial charge in [-0.3, -0.25) is 4.79 Å². The monoisotopic (exact) mass is 271 g/mol. The summed E-state index contributed by atoms with van der Waals surface area (Å²) in [5.41, 5.74) is 0.486. The number of carbonyl (C=O) groups excluding carboxylic acids is 1. The fourth-order valence-corrected chi connectivity index (χ4v) is 1.71. The number of ether oxygens (including phenoxy) is 1. The molecule has 1 aromatic rings. The first-order chi connectivity index (χ1) is 9.08. The number of hydrogen-bond acceptors (Lipinski definition) is 2. The number of nitrogens with zero attached hydrogens (tertiary/aromatic N) is 1. The van der Waals surface area contributed by atoms with Crippen molar-refractivity contribution in [1.82, 2.24) is 4.90 Å². The van der Waals surface area contributed by atoms with Crippen molar-refractivity contribution in [2.75, 3.05) is 13.1 Å². The van der Waals surface area contributed by atoms with Crippen LogP contribution in [0.5, 0.6) is 5.75 Å². The first-order valence-corrected chi connectivity index (χ1v) is 6.42. The molecule has 0 heterocycles. The molecule has 0 aliphatic heterocycles. The van der Waals surface area contributed by atoms with Crippen molar-refractivity contribution in [2.24, 2.45) is 0 Å². The summed E-state index contributed by atoms with van der Waals surface area (Å²) in [5, 5.41) is 0. The summed E-state index contributed by atoms with van der Waals surface area (Å²) < 4.78 is 28.3. The van der Waals surface area contributed by atoms with Crippen molar-refractivity contribution in [3.05, 3.63) is 29.8 Å². The molecule has 5 heteroatoms. The third-order valence-electron chi connectivity index (χ3n) is 2.78. The maximum Gasteiger partial charge on any atom is 0.387 e. The van der Waals surface area contributed by atoms with Gasteiger partial charge in [0.05, 0.1) is 0 Å². The first kappa shape index (κ1) is 15.4. The average molecular weight is 271 g/mol. The summed E-state index contributed by atoms with van der Waals surface area (Å²) >= 11 is 0. The highest BCUT2D eigenvalue weighted by Crippen LogP contribution is 2.16. The molecule has 106 valence electrons. The van der Waals surface area contributed by atoms with Gasteiger partial charge in [0, 0.05) is 18.7 Å². The van der Waals surface area contributed by atoms with Crippen LogP contribution >= 0.6 is 0 Å². The predicted octanol–water partition coefficient (Wildman–Crippen LogP) is 3.55. The zero-order valence-corrected chi connectivity index (χ0v) is 11.2. The van der Waals surface area contributed by atoms with Gasteiger partial charge in [-0.1, -0.05) is 13.3 Å². The number of carbonyl (C=O) groups is 1. The Morgan fingerprint density at radius 2 is 1.89 bits per heavy atom. The van der Waals surface area contributed by atoms with Crippen LogP contribution in [0.3, 0.4) is 0 Å². The van der Waals surface area contributed by atoms with E-state index in [0.717, 1.165) is 12.8 Å². The normalized spacial score (nSPS) is 10.6. The van der Waals surface area contributed by atoms with Gasteiger partial charge in [-0.15, -0.1) is 0 Å². The molecule has 0 N–H and O–H groups in total. The van der Waals surface area contributed by atoms with E-state index in [1.807, 2.05) is 6.92 Å². The third-order valence-corrected chi connectivity index (χ3v) is 2.78. The molecule has 0 unspecified atom stereocenters. The van der Waals surface area contributed by atoms with Crippen LogP contribution in [0.2, 0.25) is 0 Å². The molecule has 1 aromatic carbocycles. The zero-order valence-electron chi connectivity index (χ0n) is 11.2. The molecule has 3 nitrogen and oxygen atoms in total. The summed E-state index contributed by atoms with van der Waals surface area (Å²) in [6.45, 7) is 2.48. The number of benzene rings is 1. The van der Waals surface area contributed by atoms with Crippen LogP contribution in [0.1, 0.15) is 37.0 Å². The zero-order chi connectivity index (χ0) is 14.3. The molecule has 0 aliphatic rings. The summed E-state index contributed by atoms with van der Waals surface area (Å²) in [7, 11) is 0. The van der Waals surface area contributed by atoms with Gasteiger partial charge in [-0.05, 0) is 37.6 Å². The van der Waals surface area contributed by atoms with E-state index in [-0.39, 0.29) is 11.7 Å². The van der Waals surface area contributed by atoms with E-state index in [9.17, 15) is 13.6 Å². The maximum absolute atomic E-state index is 12.2. The molecule has 0 fully saturated rings. The lowest BCUT2D eigenvalue weighted by molar-refractivity contribution is -0.0498. The molecule has 0 bridgehead atoms. The van der Waals surface area contributed by atoms with Crippen LogP contribution in [0.25, 0.3) is 0 Å². The van der Waals surface area contributed by atoms with Gasteiger partial charge >= 0.3 is 6.61 Å². The van der Waals surface area contributed by atoms with E-state index in [4.69, 9.17) is 0 Å². The molecule has 19 heavy (non-hydrogen) atoms. The topological polar surface area (TPSA) is 29.5 Å². The van der Waals surface area contributed by atoms with Crippen LogP contribution in [0, 0.1) is 0 Å². The van der Waals surface area contributed by atoms with Crippen LogP contribution < -0.4 is 4.74 Å². The molecule has 0 aliphatic carbocycles. The molecule has 0 saturated carbocycles. The minimum atomic E-state index is -2.85. The summed E-state index contributed by atoms with van der Waals surface area (Å²) in [6, 6.07) is 5.78. The minimum absolute atomic E-state index is 0.0585. The van der Waals surface area contributed by atoms with Gasteiger partial charge < -0.3 is 9.64 Å². The number of unbranched alkanes of at least 4 members (excludes halogenated alkanes) is 1. The Morgan fingerprint density at radius 3 is 2.37 bits per heavy atom. The second kappa shape index (κ2) is 7.71. The summed E-state index contributed by atoms with van der Waals surface area (Å²) in [4.78, 5) is 13.9. The Morgan fingerprint density at radius 1 is 1.26 bits per heavy atom. The van der Waals surface area contributed by atoms with Gasteiger partial charge in [0.1, 0.15) is 5.75 Å². The fraction of sp³-hybridized carbons (Fsp3) is 0.500. The molecule has 1 rings (SSSR count). The molecule has 0 spiro atoms. The Balaban J connectivity index is 2.70. The average Bonchev–Trinajstić information content (AvgIpc) is 2.39. The first-order valence-electron chi connectivity index (χ1n) is 6.42. The second-order valence-electron chi connectivity index (χ2n) is 4.14. The van der Waals surface area contributed by atoms with E-state index in [2.05, 4.69) is 11.7 Å². The van der Waals surface area contributed by atoms with Crippen molar-refractivity contribution in [3.8, 4) is 5.75 Å². The number of rotatable bonds is 7. The molecule has 0 radical (unpaired) electrons. The van der Waals surface area contributed by atoms with E-state index in [1.165, 1.54) is 24.3 Å². The van der Waals surface area contributed by atoms with E-state index >= 15 is 0 Å². The van der Waals surface area contributed by atoms with Crippen molar-refractivity contribution < 1.29 is 18.3 Å². The predicted molar refractivity (Wildman–Crippen MR) is 69.6 cm³/mol. The number of hydrogen-bond donors (Lipinski definition) is 0. The minimum Gasteiger partial charge on any atom is -0.435 e. The fourth-order valence-electron chi connectivity index (χ4n) is 1.71. The Hall–Kier alpha value is -1.65. The molecular weight excluding hydrogens is 252 g/mol. The van der Waals surface area contributed by atoms with E-state index < -0.39 is 6.61 Å². The largest absolute Gasteiger partial charge is 0.435 e. The lowest BCUT2D eigenvalue weighted by atomic mass is 10.2. The van der Waals surface area contributed by atoms with Crippen LogP contribution in [0.4, 0.5) is 8.78 Å². The lowest BCUT2D eigenvalue weighted by Crippen LogP contribution is -2.31. The van der Waals surface area contributed by atoms with Crippen LogP contribution in [-0.4, -0.2) is 30.5 Å². The van der Waals surface area contributed by atoms with Crippen molar-refractivity contribution in [2.45, 2.75) is 33.3 Å². The van der Waals surface area contributed by atoms with Crippen molar-refractivity contribution in [1.29, 1.82) is 0 Å². The van der Waals surface area contributed by atoms with Crippen LogP contribution in [0.15, 0.2) is 24.3 Å². The highest BCUT2D eigenvalue weighted by molar-refractivity contribution is 5.94. The molecular formula is C14H19F2NO2. The van der Waals surface area contributed by atoms with Gasteiger partial charge in [0.25, 0.3) is 5.91 Å². The summed E-state index contributed by atoms with van der Waals surface area (Å²) in [6.07, 6.45) is 1.97.